The number of hydrogen-bond acceptors (Lipinski definition) is 7. The van der Waals surface area contributed by atoms with Gasteiger partial charge < -0.3 is 25.0 Å². The van der Waals surface area contributed by atoms with Crippen LogP contribution in [0.1, 0.15) is 35.0 Å². The van der Waals surface area contributed by atoms with Gasteiger partial charge in [-0.2, -0.15) is 0 Å². The number of nitro groups is 1. The van der Waals surface area contributed by atoms with Crippen LogP contribution < -0.4 is 10.1 Å². The Morgan fingerprint density at radius 2 is 2.08 bits per heavy atom. The summed E-state index contributed by atoms with van der Waals surface area (Å²) < 4.78 is 5.33. The largest absolute Gasteiger partial charge is 0.497 e. The van der Waals surface area contributed by atoms with Crippen molar-refractivity contribution in [2.24, 2.45) is 0 Å². The van der Waals surface area contributed by atoms with E-state index >= 15 is 0 Å². The maximum Gasteiger partial charge on any atom is 0.293 e. The molecule has 0 unspecified atom stereocenters. The molecule has 3 heterocycles. The third kappa shape index (κ3) is 4.73. The van der Waals surface area contributed by atoms with Crippen LogP contribution in [0.15, 0.2) is 54.7 Å². The Balaban J connectivity index is 1.19. The zero-order valence-corrected chi connectivity index (χ0v) is 19.8. The van der Waals surface area contributed by atoms with E-state index in [1.165, 1.54) is 6.07 Å². The summed E-state index contributed by atoms with van der Waals surface area (Å²) in [6, 6.07) is 13.8. The van der Waals surface area contributed by atoms with E-state index in [1.54, 1.807) is 31.5 Å². The van der Waals surface area contributed by atoms with E-state index in [9.17, 15) is 20.0 Å². The van der Waals surface area contributed by atoms with Gasteiger partial charge >= 0.3 is 0 Å². The molecule has 1 saturated heterocycles. The smallest absolute Gasteiger partial charge is 0.293 e. The van der Waals surface area contributed by atoms with E-state index in [0.717, 1.165) is 42.4 Å². The number of amides is 1. The predicted molar refractivity (Wildman–Crippen MR) is 135 cm³/mol. The van der Waals surface area contributed by atoms with Crippen molar-refractivity contribution in [1.82, 2.24) is 20.2 Å². The summed E-state index contributed by atoms with van der Waals surface area (Å²) in [5, 5.41) is 26.8. The normalized spacial score (nSPS) is 15.7. The number of β-amino-alcohol motifs (C(OH)–C–C–N with tert-alkyl or cyclic N) is 1. The number of nitrogens with zero attached hydrogens (tertiary/aromatic N) is 3. The molecule has 10 heteroatoms. The first-order valence-corrected chi connectivity index (χ1v) is 11.8. The van der Waals surface area contributed by atoms with Gasteiger partial charge in [-0.3, -0.25) is 19.9 Å². The molecule has 1 fully saturated rings. The summed E-state index contributed by atoms with van der Waals surface area (Å²) in [6.07, 6.45) is 2.50. The number of carbonyl (C=O) groups excluding carboxylic acids is 1. The second-order valence-corrected chi connectivity index (χ2v) is 9.03. The highest BCUT2D eigenvalue weighted by Crippen LogP contribution is 2.28. The van der Waals surface area contributed by atoms with Crippen molar-refractivity contribution >= 4 is 33.4 Å². The molecule has 1 amide bonds. The van der Waals surface area contributed by atoms with Gasteiger partial charge in [0.1, 0.15) is 17.0 Å². The van der Waals surface area contributed by atoms with Crippen LogP contribution in [0.3, 0.4) is 0 Å². The first-order valence-electron chi connectivity index (χ1n) is 11.8. The van der Waals surface area contributed by atoms with Crippen molar-refractivity contribution in [3.05, 3.63) is 76.1 Å². The Kier molecular flexibility index (Phi) is 6.53. The monoisotopic (exact) mass is 489 g/mol. The molecule has 36 heavy (non-hydrogen) atoms. The minimum absolute atomic E-state index is 0.0155. The van der Waals surface area contributed by atoms with E-state index in [0.29, 0.717) is 28.9 Å². The highest BCUT2D eigenvalue weighted by atomic mass is 16.6. The molecule has 0 saturated carbocycles. The van der Waals surface area contributed by atoms with E-state index in [-0.39, 0.29) is 17.6 Å². The van der Waals surface area contributed by atoms with Crippen molar-refractivity contribution in [1.29, 1.82) is 0 Å². The molecular formula is C26H27N5O5. The van der Waals surface area contributed by atoms with Crippen LogP contribution in [0.2, 0.25) is 0 Å². The number of aliphatic hydroxyl groups is 1. The second kappa shape index (κ2) is 9.92. The number of nitrogens with one attached hydrogen (secondary N) is 2. The number of nitro benzene ring substituents is 1. The number of non-ortho nitro benzene ring substituents is 1. The summed E-state index contributed by atoms with van der Waals surface area (Å²) in [5.74, 6) is 0.432. The summed E-state index contributed by atoms with van der Waals surface area (Å²) in [5.41, 5.74) is 2.20. The first kappa shape index (κ1) is 23.7. The maximum atomic E-state index is 12.8. The Labute approximate surface area is 207 Å². The Bertz CT molecular complexity index is 1430. The Morgan fingerprint density at radius 3 is 2.83 bits per heavy atom. The molecule has 0 bridgehead atoms. The third-order valence-corrected chi connectivity index (χ3v) is 6.77. The molecule has 5 rings (SSSR count). The fraction of sp³-hybridized carbons (Fsp3) is 0.308. The molecule has 1 aliphatic rings. The van der Waals surface area contributed by atoms with Crippen molar-refractivity contribution in [2.45, 2.75) is 25.0 Å². The fourth-order valence-electron chi connectivity index (χ4n) is 4.84. The van der Waals surface area contributed by atoms with Gasteiger partial charge in [0.05, 0.1) is 23.7 Å². The predicted octanol–water partition coefficient (Wildman–Crippen LogP) is 3.56. The number of likely N-dealkylation sites (tertiary alicyclic amines) is 1. The zero-order valence-electron chi connectivity index (χ0n) is 19.8. The van der Waals surface area contributed by atoms with E-state index < -0.39 is 11.0 Å². The van der Waals surface area contributed by atoms with E-state index in [2.05, 4.69) is 20.2 Å². The standard InChI is InChI=1S/C26H27N5O5/c1-36-18-5-6-21-20(14-18)19(7-10-27-21)24(32)15-30-11-8-17(9-12-30)28-26(33)22-13-16-3-2-4-23(31(34)35)25(16)29-22/h2-7,10,13-14,17,24,29,32H,8-9,11-12,15H2,1H3,(H,28,33)/t24-/m0/s1. The fourth-order valence-corrected chi connectivity index (χ4v) is 4.84. The number of fused-ring (bicyclic) bond motifs is 2. The van der Waals surface area contributed by atoms with E-state index in [4.69, 9.17) is 4.74 Å². The topological polar surface area (TPSA) is 134 Å². The highest BCUT2D eigenvalue weighted by Gasteiger charge is 2.25. The number of aromatic amines is 1. The van der Waals surface area contributed by atoms with Gasteiger partial charge in [0.2, 0.25) is 0 Å². The number of carbonyl (C=O) groups is 1. The van der Waals surface area contributed by atoms with Crippen LogP contribution in [-0.4, -0.2) is 63.6 Å². The lowest BCUT2D eigenvalue weighted by atomic mass is 10.0. The summed E-state index contributed by atoms with van der Waals surface area (Å²) in [6.45, 7) is 1.93. The number of pyridine rings is 1. The molecule has 4 aromatic rings. The minimum atomic E-state index is -0.684. The van der Waals surface area contributed by atoms with Gasteiger partial charge in [-0.25, -0.2) is 0 Å². The molecule has 2 aromatic heterocycles. The summed E-state index contributed by atoms with van der Waals surface area (Å²) >= 11 is 0. The number of H-pyrrole nitrogens is 1. The average Bonchev–Trinajstić information content (AvgIpc) is 3.33. The number of hydrogen-bond donors (Lipinski definition) is 3. The molecule has 3 N–H and O–H groups in total. The minimum Gasteiger partial charge on any atom is -0.497 e. The molecule has 2 aromatic carbocycles. The van der Waals surface area contributed by atoms with Gasteiger partial charge in [-0.15, -0.1) is 0 Å². The summed E-state index contributed by atoms with van der Waals surface area (Å²) in [7, 11) is 1.61. The molecule has 1 atom stereocenters. The number of ether oxygens (including phenoxy) is 1. The lowest BCUT2D eigenvalue weighted by Crippen LogP contribution is -2.45. The third-order valence-electron chi connectivity index (χ3n) is 6.77. The van der Waals surface area contributed by atoms with Crippen molar-refractivity contribution in [3.63, 3.8) is 0 Å². The van der Waals surface area contributed by atoms with Gasteiger partial charge in [0, 0.05) is 48.7 Å². The SMILES string of the molecule is COc1ccc2nccc([C@@H](O)CN3CCC(NC(=O)c4cc5cccc([N+](=O)[O-])c5[nH]4)CC3)c2c1. The molecule has 1 aliphatic heterocycles. The number of aromatic nitrogens is 2. The molecular weight excluding hydrogens is 462 g/mol. The first-order chi connectivity index (χ1) is 17.4. The lowest BCUT2D eigenvalue weighted by molar-refractivity contribution is -0.383. The number of para-hydroxylation sites is 1. The quantitative estimate of drug-likeness (QED) is 0.267. The van der Waals surface area contributed by atoms with Gasteiger partial charge in [-0.1, -0.05) is 12.1 Å². The Morgan fingerprint density at radius 1 is 1.28 bits per heavy atom. The van der Waals surface area contributed by atoms with Crippen molar-refractivity contribution in [3.8, 4) is 5.75 Å². The van der Waals surface area contributed by atoms with Crippen molar-refractivity contribution < 1.29 is 19.6 Å². The number of piperidine rings is 1. The average molecular weight is 490 g/mol. The van der Waals surface area contributed by atoms with Crippen molar-refractivity contribution in [2.75, 3.05) is 26.7 Å². The number of aliphatic hydroxyl groups excluding tert-OH is 1. The summed E-state index contributed by atoms with van der Waals surface area (Å²) in [4.78, 5) is 33.1. The van der Waals surface area contributed by atoms with Crippen LogP contribution in [0.25, 0.3) is 21.8 Å². The van der Waals surface area contributed by atoms with Gasteiger partial charge in [-0.05, 0) is 48.7 Å². The molecule has 0 spiro atoms. The molecule has 0 aliphatic carbocycles. The zero-order chi connectivity index (χ0) is 25.2. The molecule has 186 valence electrons. The number of rotatable bonds is 7. The van der Waals surface area contributed by atoms with Crippen LogP contribution in [0.5, 0.6) is 5.75 Å². The molecule has 0 radical (unpaired) electrons. The van der Waals surface area contributed by atoms with Crippen LogP contribution >= 0.6 is 0 Å². The van der Waals surface area contributed by atoms with Gasteiger partial charge in [0.15, 0.2) is 0 Å². The van der Waals surface area contributed by atoms with Crippen LogP contribution in [0, 0.1) is 10.1 Å². The number of methoxy groups -OCH3 is 1. The maximum absolute atomic E-state index is 12.8. The second-order valence-electron chi connectivity index (χ2n) is 9.03. The van der Waals surface area contributed by atoms with Gasteiger partial charge in [0.25, 0.3) is 11.6 Å². The van der Waals surface area contributed by atoms with Crippen LogP contribution in [0.4, 0.5) is 5.69 Å². The number of benzene rings is 2. The van der Waals surface area contributed by atoms with E-state index in [1.807, 2.05) is 24.3 Å². The van der Waals surface area contributed by atoms with Crippen LogP contribution in [-0.2, 0) is 0 Å². The highest BCUT2D eigenvalue weighted by molar-refractivity contribution is 6.00. The Hall–Kier alpha value is -4.02. The lowest BCUT2D eigenvalue weighted by Gasteiger charge is -2.33. The molecule has 10 nitrogen and oxygen atoms in total.